The van der Waals surface area contributed by atoms with E-state index in [2.05, 4.69) is 15.0 Å². The number of nitrogens with zero attached hydrogens (tertiary/aromatic N) is 4. The highest BCUT2D eigenvalue weighted by atomic mass is 16.6. The summed E-state index contributed by atoms with van der Waals surface area (Å²) >= 11 is 0. The molecule has 12 heteroatoms. The van der Waals surface area contributed by atoms with E-state index >= 15 is 0 Å². The van der Waals surface area contributed by atoms with Crippen molar-refractivity contribution in [1.29, 1.82) is 0 Å². The van der Waals surface area contributed by atoms with E-state index in [0.29, 0.717) is 16.5 Å². The number of hydrogen-bond donors (Lipinski definition) is 3. The molecule has 0 amide bonds. The third kappa shape index (κ3) is 3.16. The van der Waals surface area contributed by atoms with Crippen molar-refractivity contribution in [3.63, 3.8) is 0 Å². The van der Waals surface area contributed by atoms with Crippen LogP contribution in [0.1, 0.15) is 21.6 Å². The van der Waals surface area contributed by atoms with Gasteiger partial charge in [0.15, 0.2) is 11.3 Å². The van der Waals surface area contributed by atoms with Gasteiger partial charge in [-0.3, -0.25) is 19.9 Å². The average molecular weight is 460 g/mol. The smallest absolute Gasteiger partial charge is 0.354 e. The van der Waals surface area contributed by atoms with Gasteiger partial charge in [-0.15, -0.1) is 0 Å². The summed E-state index contributed by atoms with van der Waals surface area (Å²) in [4.78, 5) is 58.3. The number of benzene rings is 2. The number of rotatable bonds is 5. The van der Waals surface area contributed by atoms with Gasteiger partial charge in [-0.25, -0.2) is 19.1 Å². The third-order valence-corrected chi connectivity index (χ3v) is 5.57. The Balaban J connectivity index is 1.87. The molecule has 170 valence electrons. The van der Waals surface area contributed by atoms with Gasteiger partial charge in [0, 0.05) is 24.1 Å². The number of nitro benzene ring substituents is 1. The Labute approximate surface area is 188 Å². The first kappa shape index (κ1) is 20.9. The number of carbonyl (C=O) groups is 1. The molecule has 5 aromatic rings. The molecule has 0 radical (unpaired) electrons. The molecule has 3 heterocycles. The van der Waals surface area contributed by atoms with Crippen molar-refractivity contribution in [2.45, 2.75) is 13.5 Å². The second-order valence-electron chi connectivity index (χ2n) is 7.73. The number of H-pyrrole nitrogens is 2. The number of nitro groups is 1. The van der Waals surface area contributed by atoms with Crippen molar-refractivity contribution in [2.24, 2.45) is 0 Å². The van der Waals surface area contributed by atoms with Crippen LogP contribution in [0.3, 0.4) is 0 Å². The van der Waals surface area contributed by atoms with Crippen molar-refractivity contribution in [1.82, 2.24) is 24.1 Å². The molecule has 3 N–H and O–H groups in total. The average Bonchev–Trinajstić information content (AvgIpc) is 3.37. The fourth-order valence-corrected chi connectivity index (χ4v) is 4.13. The Bertz CT molecular complexity index is 1760. The minimum atomic E-state index is -1.37. The van der Waals surface area contributed by atoms with Gasteiger partial charge in [0.1, 0.15) is 5.52 Å². The molecule has 0 bridgehead atoms. The maximum absolute atomic E-state index is 13.2. The van der Waals surface area contributed by atoms with Crippen LogP contribution in [0.2, 0.25) is 0 Å². The highest BCUT2D eigenvalue weighted by Gasteiger charge is 2.27. The van der Waals surface area contributed by atoms with Gasteiger partial charge in [0.05, 0.1) is 22.5 Å². The summed E-state index contributed by atoms with van der Waals surface area (Å²) in [5, 5.41) is 21.7. The normalized spacial score (nSPS) is 11.3. The summed E-state index contributed by atoms with van der Waals surface area (Å²) < 4.78 is 2.20. The fourth-order valence-electron chi connectivity index (χ4n) is 4.13. The number of imidazole rings is 1. The Hall–Kier alpha value is -5.00. The number of aromatic nitrogens is 5. The quantitative estimate of drug-likeness (QED) is 0.267. The topological polar surface area (TPSA) is 169 Å². The monoisotopic (exact) mass is 460 g/mol. The molecule has 0 saturated carbocycles. The maximum Gasteiger partial charge on any atom is 0.354 e. The zero-order valence-corrected chi connectivity index (χ0v) is 17.6. The maximum atomic E-state index is 13.2. The predicted molar refractivity (Wildman–Crippen MR) is 122 cm³/mol. The molecular formula is C22H16N6O6. The van der Waals surface area contributed by atoms with E-state index in [4.69, 9.17) is 0 Å². The van der Waals surface area contributed by atoms with Crippen LogP contribution in [0.25, 0.3) is 27.8 Å². The lowest BCUT2D eigenvalue weighted by atomic mass is 10.1. The molecule has 0 fully saturated rings. The predicted octanol–water partition coefficient (Wildman–Crippen LogP) is 2.32. The molecule has 0 spiro atoms. The molecule has 5 rings (SSSR count). The fraction of sp³-hybridized carbons (Fsp3) is 0.0909. The van der Waals surface area contributed by atoms with Crippen molar-refractivity contribution >= 4 is 33.7 Å². The number of carboxylic acids is 1. The number of aromatic amines is 2. The van der Waals surface area contributed by atoms with E-state index in [-0.39, 0.29) is 34.8 Å². The lowest BCUT2D eigenvalue weighted by Gasteiger charge is -2.10. The molecule has 0 aliphatic rings. The number of aromatic carboxylic acids is 1. The van der Waals surface area contributed by atoms with Crippen molar-refractivity contribution < 1.29 is 14.8 Å². The summed E-state index contributed by atoms with van der Waals surface area (Å²) in [6, 6.07) is 11.0. The second kappa shape index (κ2) is 7.55. The molecule has 2 aromatic carbocycles. The molecule has 0 aliphatic heterocycles. The van der Waals surface area contributed by atoms with E-state index in [9.17, 15) is 29.6 Å². The van der Waals surface area contributed by atoms with Gasteiger partial charge in [-0.2, -0.15) is 0 Å². The van der Waals surface area contributed by atoms with E-state index in [0.717, 1.165) is 10.1 Å². The first-order valence-electron chi connectivity index (χ1n) is 10.0. The van der Waals surface area contributed by atoms with Crippen LogP contribution in [0.15, 0.2) is 58.4 Å². The number of aryl methyl sites for hydroxylation is 1. The molecule has 0 unspecified atom stereocenters. The summed E-state index contributed by atoms with van der Waals surface area (Å²) in [6.45, 7) is 1.76. The van der Waals surface area contributed by atoms with E-state index < -0.39 is 22.1 Å². The summed E-state index contributed by atoms with van der Waals surface area (Å²) in [6.07, 6.45) is 1.25. The zero-order chi connectivity index (χ0) is 24.1. The van der Waals surface area contributed by atoms with E-state index in [1.807, 2.05) is 0 Å². The van der Waals surface area contributed by atoms with Crippen LogP contribution in [0, 0.1) is 17.0 Å². The number of fused-ring (bicyclic) bond motifs is 2. The van der Waals surface area contributed by atoms with Crippen molar-refractivity contribution in [3.8, 4) is 5.69 Å². The summed E-state index contributed by atoms with van der Waals surface area (Å²) in [5.74, 6) is -1.37. The molecule has 0 aliphatic carbocycles. The second-order valence-corrected chi connectivity index (χ2v) is 7.73. The van der Waals surface area contributed by atoms with Crippen LogP contribution >= 0.6 is 0 Å². The highest BCUT2D eigenvalue weighted by molar-refractivity contribution is 6.03. The number of carboxylic acid groups (broad SMARTS) is 1. The molecular weight excluding hydrogens is 444 g/mol. The van der Waals surface area contributed by atoms with Crippen LogP contribution in [0.5, 0.6) is 0 Å². The number of nitrogens with one attached hydrogen (secondary N) is 2. The molecule has 0 saturated heterocycles. The van der Waals surface area contributed by atoms with Crippen LogP contribution < -0.4 is 11.2 Å². The van der Waals surface area contributed by atoms with Crippen LogP contribution in [0.4, 0.5) is 5.69 Å². The summed E-state index contributed by atoms with van der Waals surface area (Å²) in [5.41, 5.74) is -0.366. The number of non-ortho nitro benzene ring substituents is 1. The molecule has 0 atom stereocenters. The lowest BCUT2D eigenvalue weighted by molar-refractivity contribution is -0.384. The molecule has 3 aromatic heterocycles. The summed E-state index contributed by atoms with van der Waals surface area (Å²) in [7, 11) is 0. The van der Waals surface area contributed by atoms with Gasteiger partial charge in [-0.05, 0) is 24.6 Å². The van der Waals surface area contributed by atoms with Gasteiger partial charge in [0.2, 0.25) is 0 Å². The first-order chi connectivity index (χ1) is 16.3. The van der Waals surface area contributed by atoms with Crippen LogP contribution in [-0.4, -0.2) is 40.1 Å². The number of hydrogen-bond acceptors (Lipinski definition) is 6. The van der Waals surface area contributed by atoms with Crippen molar-refractivity contribution in [3.05, 3.63) is 96.6 Å². The van der Waals surface area contributed by atoms with E-state index in [1.54, 1.807) is 31.2 Å². The van der Waals surface area contributed by atoms with Gasteiger partial charge in [-0.1, -0.05) is 23.8 Å². The molecule has 12 nitrogen and oxygen atoms in total. The Morgan fingerprint density at radius 3 is 2.74 bits per heavy atom. The lowest BCUT2D eigenvalue weighted by Crippen LogP contribution is -2.34. The van der Waals surface area contributed by atoms with Crippen molar-refractivity contribution in [2.75, 3.05) is 0 Å². The standard InChI is InChI=1S/C22H16N6O6/c1-11-5-6-15-14(7-11)17(27-20(29)16-19(24-10-23-16)25-22(27)32)18(21(30)31)26(15)9-12-3-2-4-13(8-12)28(33)34/h2-8,10H,9H2,1H3,(H,23,24)(H,25,32)(H,30,31). The largest absolute Gasteiger partial charge is 0.477 e. The van der Waals surface area contributed by atoms with Gasteiger partial charge in [0.25, 0.3) is 11.2 Å². The van der Waals surface area contributed by atoms with Crippen LogP contribution in [-0.2, 0) is 6.54 Å². The minimum absolute atomic E-state index is 0.0168. The van der Waals surface area contributed by atoms with Gasteiger partial charge < -0.3 is 14.7 Å². The van der Waals surface area contributed by atoms with E-state index in [1.165, 1.54) is 29.1 Å². The zero-order valence-electron chi connectivity index (χ0n) is 17.6. The first-order valence-corrected chi connectivity index (χ1v) is 10.0. The Morgan fingerprint density at radius 1 is 1.21 bits per heavy atom. The minimum Gasteiger partial charge on any atom is -0.477 e. The highest BCUT2D eigenvalue weighted by Crippen LogP contribution is 2.31. The third-order valence-electron chi connectivity index (χ3n) is 5.57. The SMILES string of the molecule is Cc1ccc2c(c1)c(-n1c(=O)[nH]c3nc[nH]c3c1=O)c(C(=O)O)n2Cc1cccc([N+](=O)[O-])c1. The Kier molecular flexibility index (Phi) is 4.64. The van der Waals surface area contributed by atoms with Gasteiger partial charge >= 0.3 is 11.7 Å². The Morgan fingerprint density at radius 2 is 2.00 bits per heavy atom. The molecule has 34 heavy (non-hydrogen) atoms.